The van der Waals surface area contributed by atoms with Gasteiger partial charge in [0.25, 0.3) is 0 Å². The Balaban J connectivity index is 1.28. The van der Waals surface area contributed by atoms with Crippen LogP contribution in [0.5, 0.6) is 0 Å². The first kappa shape index (κ1) is 16.6. The van der Waals surface area contributed by atoms with Gasteiger partial charge in [-0.1, -0.05) is 0 Å². The Labute approximate surface area is 157 Å². The first-order valence-corrected chi connectivity index (χ1v) is 9.97. The Kier molecular flexibility index (Phi) is 4.06. The average molecular weight is 368 g/mol. The fourth-order valence-corrected chi connectivity index (χ4v) is 4.28. The quantitative estimate of drug-likeness (QED) is 0.880. The van der Waals surface area contributed by atoms with Crippen LogP contribution in [0.3, 0.4) is 0 Å². The summed E-state index contributed by atoms with van der Waals surface area (Å²) in [5, 5.41) is 16.2. The summed E-state index contributed by atoms with van der Waals surface area (Å²) in [6, 6.07) is 4.07. The zero-order valence-corrected chi connectivity index (χ0v) is 15.3. The van der Waals surface area contributed by atoms with Crippen molar-refractivity contribution in [2.24, 2.45) is 5.92 Å². The van der Waals surface area contributed by atoms with Gasteiger partial charge in [-0.3, -0.25) is 9.59 Å². The second-order valence-corrected chi connectivity index (χ2v) is 8.00. The maximum Gasteiger partial charge on any atom is 0.226 e. The summed E-state index contributed by atoms with van der Waals surface area (Å²) < 4.78 is 1.90. The molecule has 3 aliphatic rings. The van der Waals surface area contributed by atoms with Crippen molar-refractivity contribution in [3.05, 3.63) is 23.7 Å². The predicted octanol–water partition coefficient (Wildman–Crippen LogP) is 1.23. The van der Waals surface area contributed by atoms with Crippen LogP contribution in [0.1, 0.15) is 61.9 Å². The molecule has 2 amide bonds. The van der Waals surface area contributed by atoms with Crippen LogP contribution in [0.15, 0.2) is 12.1 Å². The first-order valence-electron chi connectivity index (χ1n) is 9.97. The fraction of sp³-hybridized carbons (Fsp3) is 0.632. The van der Waals surface area contributed by atoms with Crippen molar-refractivity contribution in [1.29, 1.82) is 0 Å². The van der Waals surface area contributed by atoms with Gasteiger partial charge in [-0.2, -0.15) is 9.61 Å². The maximum absolute atomic E-state index is 12.7. The van der Waals surface area contributed by atoms with Crippen LogP contribution >= 0.6 is 0 Å². The summed E-state index contributed by atoms with van der Waals surface area (Å²) >= 11 is 0. The van der Waals surface area contributed by atoms with E-state index < -0.39 is 0 Å². The van der Waals surface area contributed by atoms with Crippen LogP contribution in [-0.4, -0.2) is 56.2 Å². The van der Waals surface area contributed by atoms with E-state index in [9.17, 15) is 9.59 Å². The fourth-order valence-electron chi connectivity index (χ4n) is 4.28. The van der Waals surface area contributed by atoms with Crippen molar-refractivity contribution in [3.8, 4) is 0 Å². The number of carbonyl (C=O) groups excluding carboxylic acids is 2. The summed E-state index contributed by atoms with van der Waals surface area (Å²) in [5.41, 5.74) is 1.92. The highest BCUT2D eigenvalue weighted by Crippen LogP contribution is 2.39. The lowest BCUT2D eigenvalue weighted by molar-refractivity contribution is -0.141. The van der Waals surface area contributed by atoms with Gasteiger partial charge in [0.05, 0.1) is 5.69 Å². The third-order valence-corrected chi connectivity index (χ3v) is 6.07. The average Bonchev–Trinajstić information content (AvgIpc) is 3.47. The SMILES string of the molecule is O=C1CC(C(=O)N2CCC(c3nnc4ccc(C5CC5)nn34)CC2)CCN1. The second-order valence-electron chi connectivity index (χ2n) is 8.00. The largest absolute Gasteiger partial charge is 0.356 e. The second kappa shape index (κ2) is 6.58. The van der Waals surface area contributed by atoms with Gasteiger partial charge >= 0.3 is 0 Å². The third-order valence-electron chi connectivity index (χ3n) is 6.07. The van der Waals surface area contributed by atoms with E-state index in [-0.39, 0.29) is 23.7 Å². The van der Waals surface area contributed by atoms with Gasteiger partial charge in [0.15, 0.2) is 11.5 Å². The van der Waals surface area contributed by atoms with E-state index in [1.807, 2.05) is 15.5 Å². The molecule has 0 spiro atoms. The molecule has 1 saturated carbocycles. The summed E-state index contributed by atoms with van der Waals surface area (Å²) in [7, 11) is 0. The van der Waals surface area contributed by atoms with E-state index >= 15 is 0 Å². The van der Waals surface area contributed by atoms with Crippen molar-refractivity contribution >= 4 is 17.5 Å². The minimum atomic E-state index is -0.160. The number of nitrogens with zero attached hydrogens (tertiary/aromatic N) is 5. The molecule has 2 aromatic heterocycles. The molecule has 27 heavy (non-hydrogen) atoms. The van der Waals surface area contributed by atoms with Gasteiger partial charge in [-0.15, -0.1) is 10.2 Å². The summed E-state index contributed by atoms with van der Waals surface area (Å²) in [6.07, 6.45) is 5.22. The number of nitrogens with one attached hydrogen (secondary N) is 1. The van der Waals surface area contributed by atoms with E-state index in [1.165, 1.54) is 12.8 Å². The number of carbonyl (C=O) groups is 2. The molecule has 3 fully saturated rings. The van der Waals surface area contributed by atoms with Crippen molar-refractivity contribution < 1.29 is 9.59 Å². The monoisotopic (exact) mass is 368 g/mol. The molecule has 1 N–H and O–H groups in total. The molecule has 0 aromatic carbocycles. The lowest BCUT2D eigenvalue weighted by Crippen LogP contribution is -2.45. The molecule has 2 saturated heterocycles. The Hall–Kier alpha value is -2.51. The normalized spacial score (nSPS) is 24.2. The minimum Gasteiger partial charge on any atom is -0.356 e. The molecular weight excluding hydrogens is 344 g/mol. The molecule has 4 heterocycles. The van der Waals surface area contributed by atoms with Crippen LogP contribution in [0.4, 0.5) is 0 Å². The van der Waals surface area contributed by atoms with E-state index in [4.69, 9.17) is 5.10 Å². The predicted molar refractivity (Wildman–Crippen MR) is 97.0 cm³/mol. The number of hydrogen-bond donors (Lipinski definition) is 1. The van der Waals surface area contributed by atoms with Gasteiger partial charge in [0.2, 0.25) is 11.8 Å². The van der Waals surface area contributed by atoms with E-state index in [1.54, 1.807) is 0 Å². The number of hydrogen-bond acceptors (Lipinski definition) is 5. The third kappa shape index (κ3) is 3.17. The molecular formula is C19H24N6O2. The van der Waals surface area contributed by atoms with Crippen LogP contribution in [0.25, 0.3) is 5.65 Å². The Morgan fingerprint density at radius 2 is 1.85 bits per heavy atom. The number of aromatic nitrogens is 4. The zero-order valence-electron chi connectivity index (χ0n) is 15.3. The van der Waals surface area contributed by atoms with Gasteiger partial charge < -0.3 is 10.2 Å². The van der Waals surface area contributed by atoms with E-state index in [2.05, 4.69) is 21.6 Å². The summed E-state index contributed by atoms with van der Waals surface area (Å²) in [4.78, 5) is 26.2. The van der Waals surface area contributed by atoms with Gasteiger partial charge in [0.1, 0.15) is 0 Å². The number of fused-ring (bicyclic) bond motifs is 1. The first-order chi connectivity index (χ1) is 13.2. The summed E-state index contributed by atoms with van der Waals surface area (Å²) in [5.74, 6) is 1.73. The van der Waals surface area contributed by atoms with Crippen molar-refractivity contribution in [3.63, 3.8) is 0 Å². The lowest BCUT2D eigenvalue weighted by Gasteiger charge is -2.34. The van der Waals surface area contributed by atoms with Crippen LogP contribution in [-0.2, 0) is 9.59 Å². The smallest absolute Gasteiger partial charge is 0.226 e. The topological polar surface area (TPSA) is 92.5 Å². The van der Waals surface area contributed by atoms with Crippen LogP contribution < -0.4 is 5.32 Å². The molecule has 0 radical (unpaired) electrons. The Morgan fingerprint density at radius 3 is 2.59 bits per heavy atom. The molecule has 1 unspecified atom stereocenters. The van der Waals surface area contributed by atoms with Crippen molar-refractivity contribution in [1.82, 2.24) is 30.0 Å². The number of likely N-dealkylation sites (tertiary alicyclic amines) is 1. The van der Waals surface area contributed by atoms with Crippen LogP contribution in [0, 0.1) is 5.92 Å². The number of rotatable bonds is 3. The van der Waals surface area contributed by atoms with E-state index in [0.717, 1.165) is 36.4 Å². The van der Waals surface area contributed by atoms with Gasteiger partial charge in [-0.25, -0.2) is 0 Å². The standard InChI is InChI=1S/C19H24N6O2/c26-17-11-14(5-8-20-17)19(27)24-9-6-13(7-10-24)18-22-21-16-4-3-15(12-1-2-12)23-25(16)18/h3-4,12-14H,1-2,5-11H2,(H,20,26). The minimum absolute atomic E-state index is 0.0121. The molecule has 0 bridgehead atoms. The Bertz CT molecular complexity index is 881. The number of amides is 2. The molecule has 2 aromatic rings. The Morgan fingerprint density at radius 1 is 1.04 bits per heavy atom. The molecule has 5 rings (SSSR count). The zero-order chi connectivity index (χ0) is 18.4. The molecule has 1 atom stereocenters. The maximum atomic E-state index is 12.7. The highest BCUT2D eigenvalue weighted by atomic mass is 16.2. The number of piperidine rings is 2. The van der Waals surface area contributed by atoms with Gasteiger partial charge in [0, 0.05) is 43.8 Å². The van der Waals surface area contributed by atoms with Crippen LogP contribution in [0.2, 0.25) is 0 Å². The summed E-state index contributed by atoms with van der Waals surface area (Å²) in [6.45, 7) is 2.02. The van der Waals surface area contributed by atoms with Crippen molar-refractivity contribution in [2.75, 3.05) is 19.6 Å². The molecule has 8 heteroatoms. The lowest BCUT2D eigenvalue weighted by atomic mass is 9.92. The highest BCUT2D eigenvalue weighted by molar-refractivity contribution is 5.87. The molecule has 8 nitrogen and oxygen atoms in total. The highest BCUT2D eigenvalue weighted by Gasteiger charge is 2.33. The molecule has 2 aliphatic heterocycles. The molecule has 142 valence electrons. The van der Waals surface area contributed by atoms with E-state index in [0.29, 0.717) is 32.0 Å². The van der Waals surface area contributed by atoms with Gasteiger partial charge in [-0.05, 0) is 44.2 Å². The molecule has 1 aliphatic carbocycles. The van der Waals surface area contributed by atoms with Crippen molar-refractivity contribution in [2.45, 2.75) is 50.4 Å².